The zero-order valence-corrected chi connectivity index (χ0v) is 11.5. The molecule has 0 aliphatic heterocycles. The lowest BCUT2D eigenvalue weighted by atomic mass is 9.60. The smallest absolute Gasteiger partial charge is 0.111 e. The molecule has 0 aromatic heterocycles. The fourth-order valence-electron chi connectivity index (χ4n) is 3.77. The van der Waals surface area contributed by atoms with Gasteiger partial charge in [-0.3, -0.25) is 0 Å². The molecule has 0 radical (unpaired) electrons. The van der Waals surface area contributed by atoms with Gasteiger partial charge in [-0.1, -0.05) is 18.6 Å². The minimum absolute atomic E-state index is 0.175. The van der Waals surface area contributed by atoms with E-state index in [1.165, 1.54) is 30.4 Å². The largest absolute Gasteiger partial charge is 0.369 e. The molecule has 1 atom stereocenters. The van der Waals surface area contributed by atoms with Gasteiger partial charge in [0.25, 0.3) is 0 Å². The summed E-state index contributed by atoms with van der Waals surface area (Å²) in [6.45, 7) is 0. The first-order valence-corrected chi connectivity index (χ1v) is 7.10. The molecule has 0 heterocycles. The zero-order chi connectivity index (χ0) is 12.8. The molecule has 0 aromatic carbocycles. The Morgan fingerprint density at radius 3 is 2.39 bits per heavy atom. The molecular formula is C15H18ClNO. The van der Waals surface area contributed by atoms with Gasteiger partial charge in [-0.05, 0) is 36.8 Å². The van der Waals surface area contributed by atoms with Crippen LogP contribution in [-0.4, -0.2) is 17.6 Å². The molecule has 1 unspecified atom stereocenters. The minimum Gasteiger partial charge on any atom is -0.369 e. The van der Waals surface area contributed by atoms with Crippen LogP contribution in [0.15, 0.2) is 23.3 Å². The van der Waals surface area contributed by atoms with E-state index in [1.807, 2.05) is 0 Å². The first-order valence-electron chi connectivity index (χ1n) is 6.73. The van der Waals surface area contributed by atoms with Crippen molar-refractivity contribution in [1.29, 1.82) is 5.26 Å². The highest BCUT2D eigenvalue weighted by molar-refractivity contribution is 6.27. The lowest BCUT2D eigenvalue weighted by Crippen LogP contribution is -2.52. The Morgan fingerprint density at radius 2 is 1.89 bits per heavy atom. The van der Waals surface area contributed by atoms with Gasteiger partial charge in [0.1, 0.15) is 5.60 Å². The van der Waals surface area contributed by atoms with E-state index in [9.17, 15) is 5.26 Å². The molecule has 18 heavy (non-hydrogen) atoms. The van der Waals surface area contributed by atoms with E-state index in [0.717, 1.165) is 19.3 Å². The number of ether oxygens (including phenoxy) is 1. The van der Waals surface area contributed by atoms with Crippen molar-refractivity contribution in [2.75, 3.05) is 7.11 Å². The average Bonchev–Trinajstić information content (AvgIpc) is 2.36. The SMILES string of the molecule is COC12CC(C#N)C3(Cl)C=C1CCCCCC2=C3. The molecule has 0 amide bonds. The molecule has 4 rings (SSSR count). The van der Waals surface area contributed by atoms with E-state index in [2.05, 4.69) is 18.2 Å². The molecule has 1 fully saturated rings. The maximum atomic E-state index is 9.33. The average molecular weight is 264 g/mol. The third kappa shape index (κ3) is 1.51. The summed E-state index contributed by atoms with van der Waals surface area (Å²) in [5.74, 6) is -0.175. The van der Waals surface area contributed by atoms with Gasteiger partial charge in [0.2, 0.25) is 0 Å². The fraction of sp³-hybridized carbons (Fsp3) is 0.667. The number of methoxy groups -OCH3 is 1. The maximum Gasteiger partial charge on any atom is 0.111 e. The van der Waals surface area contributed by atoms with E-state index < -0.39 is 4.87 Å². The lowest BCUT2D eigenvalue weighted by molar-refractivity contribution is 0.0145. The predicted octanol–water partition coefficient (Wildman–Crippen LogP) is 3.72. The van der Waals surface area contributed by atoms with Gasteiger partial charge in [0.05, 0.1) is 16.9 Å². The topological polar surface area (TPSA) is 33.0 Å². The van der Waals surface area contributed by atoms with Crippen molar-refractivity contribution in [2.24, 2.45) is 5.92 Å². The Bertz CT molecular complexity index is 447. The van der Waals surface area contributed by atoms with Crippen molar-refractivity contribution in [3.63, 3.8) is 0 Å². The Labute approximate surface area is 113 Å². The Hall–Kier alpha value is -0.780. The molecule has 0 N–H and O–H groups in total. The van der Waals surface area contributed by atoms with Gasteiger partial charge >= 0.3 is 0 Å². The normalized spacial score (nSPS) is 42.4. The second-order valence-corrected chi connectivity index (χ2v) is 6.30. The quantitative estimate of drug-likeness (QED) is 0.534. The number of alkyl halides is 1. The fourth-order valence-corrected chi connectivity index (χ4v) is 4.16. The van der Waals surface area contributed by atoms with Crippen molar-refractivity contribution in [1.82, 2.24) is 0 Å². The molecule has 3 heteroatoms. The molecule has 2 nitrogen and oxygen atoms in total. The molecule has 4 aliphatic rings. The van der Waals surface area contributed by atoms with Crippen LogP contribution in [0.25, 0.3) is 0 Å². The van der Waals surface area contributed by atoms with Crippen LogP contribution in [0.5, 0.6) is 0 Å². The van der Waals surface area contributed by atoms with Crippen molar-refractivity contribution >= 4 is 11.6 Å². The highest BCUT2D eigenvalue weighted by Gasteiger charge is 2.54. The summed E-state index contributed by atoms with van der Waals surface area (Å²) in [6, 6.07) is 2.36. The molecule has 0 saturated heterocycles. The monoisotopic (exact) mass is 263 g/mol. The summed E-state index contributed by atoms with van der Waals surface area (Å²) in [5.41, 5.74) is 2.30. The standard InChI is InChI=1S/C15H18ClNO/c1-18-15-9-13(10-17)14(16)7-11(15)5-3-2-4-6-12(15)8-14/h7-8,13H,2-6,9H2,1H3. The zero-order valence-electron chi connectivity index (χ0n) is 10.7. The predicted molar refractivity (Wildman–Crippen MR) is 71.3 cm³/mol. The van der Waals surface area contributed by atoms with Crippen molar-refractivity contribution in [3.05, 3.63) is 23.3 Å². The van der Waals surface area contributed by atoms with Gasteiger partial charge < -0.3 is 4.74 Å². The number of rotatable bonds is 1. The third-order valence-corrected chi connectivity index (χ3v) is 5.23. The first kappa shape index (κ1) is 12.3. The van der Waals surface area contributed by atoms with Crippen LogP contribution >= 0.6 is 11.6 Å². The summed E-state index contributed by atoms with van der Waals surface area (Å²) in [5, 5.41) is 9.33. The van der Waals surface area contributed by atoms with Gasteiger partial charge in [-0.25, -0.2) is 0 Å². The molecule has 0 spiro atoms. The van der Waals surface area contributed by atoms with Crippen LogP contribution in [0, 0.1) is 17.2 Å². The van der Waals surface area contributed by atoms with Crippen LogP contribution in [0.4, 0.5) is 0 Å². The van der Waals surface area contributed by atoms with Crippen molar-refractivity contribution in [3.8, 4) is 6.07 Å². The number of hydrogen-bond acceptors (Lipinski definition) is 2. The molecule has 4 bridgehead atoms. The molecule has 96 valence electrons. The summed E-state index contributed by atoms with van der Waals surface area (Å²) >= 11 is 6.68. The van der Waals surface area contributed by atoms with Crippen LogP contribution in [0.1, 0.15) is 38.5 Å². The highest BCUT2D eigenvalue weighted by Crippen LogP contribution is 2.56. The lowest BCUT2D eigenvalue weighted by Gasteiger charge is -2.51. The van der Waals surface area contributed by atoms with Crippen LogP contribution in [-0.2, 0) is 4.74 Å². The summed E-state index contributed by atoms with van der Waals surface area (Å²) in [6.07, 6.45) is 10.7. The Kier molecular flexibility index (Phi) is 2.80. The van der Waals surface area contributed by atoms with E-state index in [0.29, 0.717) is 0 Å². The maximum absolute atomic E-state index is 9.33. The molecule has 0 aromatic rings. The van der Waals surface area contributed by atoms with Crippen LogP contribution < -0.4 is 0 Å². The first-order chi connectivity index (χ1) is 8.64. The Morgan fingerprint density at radius 1 is 1.28 bits per heavy atom. The Balaban J connectivity index is 2.14. The minimum atomic E-state index is -0.586. The number of allylic oxidation sites excluding steroid dienone is 2. The number of halogens is 1. The summed E-state index contributed by atoms with van der Waals surface area (Å²) in [4.78, 5) is -0.586. The number of fused-ring (bicyclic) bond motifs is 1. The molecular weight excluding hydrogens is 246 g/mol. The molecule has 4 aliphatic carbocycles. The van der Waals surface area contributed by atoms with E-state index >= 15 is 0 Å². The van der Waals surface area contributed by atoms with Gasteiger partial charge in [0, 0.05) is 13.5 Å². The van der Waals surface area contributed by atoms with Crippen molar-refractivity contribution in [2.45, 2.75) is 49.0 Å². The second kappa shape index (κ2) is 4.11. The van der Waals surface area contributed by atoms with Crippen molar-refractivity contribution < 1.29 is 4.74 Å². The van der Waals surface area contributed by atoms with Crippen LogP contribution in [0.2, 0.25) is 0 Å². The van der Waals surface area contributed by atoms with Gasteiger partial charge in [0.15, 0.2) is 0 Å². The van der Waals surface area contributed by atoms with E-state index in [4.69, 9.17) is 16.3 Å². The highest BCUT2D eigenvalue weighted by atomic mass is 35.5. The number of hydrogen-bond donors (Lipinski definition) is 0. The van der Waals surface area contributed by atoms with E-state index in [-0.39, 0.29) is 11.5 Å². The van der Waals surface area contributed by atoms with E-state index in [1.54, 1.807) is 7.11 Å². The van der Waals surface area contributed by atoms with Gasteiger partial charge in [-0.15, -0.1) is 11.6 Å². The number of nitrogens with zero attached hydrogens (tertiary/aromatic N) is 1. The van der Waals surface area contributed by atoms with Gasteiger partial charge in [-0.2, -0.15) is 5.26 Å². The number of nitriles is 1. The molecule has 1 saturated carbocycles. The van der Waals surface area contributed by atoms with Crippen LogP contribution in [0.3, 0.4) is 0 Å². The third-order valence-electron chi connectivity index (χ3n) is 4.75. The second-order valence-electron chi connectivity index (χ2n) is 5.64. The summed E-state index contributed by atoms with van der Waals surface area (Å²) in [7, 11) is 1.77. The summed E-state index contributed by atoms with van der Waals surface area (Å²) < 4.78 is 5.90.